The molecule has 0 fully saturated rings. The van der Waals surface area contributed by atoms with E-state index in [1.165, 1.54) is 50.5 Å². The van der Waals surface area contributed by atoms with Crippen molar-refractivity contribution >= 4 is 31.9 Å². The van der Waals surface area contributed by atoms with E-state index in [1.807, 2.05) is 6.08 Å². The normalized spacial score (nSPS) is 12.2. The van der Waals surface area contributed by atoms with Crippen LogP contribution in [0.25, 0.3) is 0 Å². The van der Waals surface area contributed by atoms with Crippen LogP contribution in [0.4, 0.5) is 0 Å². The van der Waals surface area contributed by atoms with Gasteiger partial charge in [0, 0.05) is 0 Å². The molecule has 94 valence electrons. The molecule has 0 aromatic carbocycles. The van der Waals surface area contributed by atoms with E-state index in [1.54, 1.807) is 0 Å². The molecule has 16 heavy (non-hydrogen) atoms. The number of halogens is 2. The van der Waals surface area contributed by atoms with Gasteiger partial charge in [-0.3, -0.25) is 0 Å². The first kappa shape index (κ1) is 16.4. The first-order chi connectivity index (χ1) is 7.63. The monoisotopic (exact) mass is 350 g/mol. The van der Waals surface area contributed by atoms with Gasteiger partial charge in [0.25, 0.3) is 0 Å². The van der Waals surface area contributed by atoms with Gasteiger partial charge in [0.05, 0.1) is 3.39 Å². The zero-order chi connectivity index (χ0) is 12.4. The van der Waals surface area contributed by atoms with Gasteiger partial charge in [-0.1, -0.05) is 52.0 Å². The van der Waals surface area contributed by atoms with Gasteiger partial charge >= 0.3 is 0 Å². The number of rotatable bonds is 9. The van der Waals surface area contributed by atoms with Crippen molar-refractivity contribution in [3.05, 3.63) is 21.6 Å². The largest absolute Gasteiger partial charge is 0.102 e. The average Bonchev–Trinajstić information content (AvgIpc) is 2.26. The molecular weight excluding hydrogens is 328 g/mol. The first-order valence-electron chi connectivity index (χ1n) is 6.30. The van der Waals surface area contributed by atoms with E-state index in [2.05, 4.69) is 52.3 Å². The SMILES string of the molecule is C=CC(C)C(CCCCCCCC)=C(Br)Br. The molecule has 0 aromatic rings. The highest BCUT2D eigenvalue weighted by atomic mass is 79.9. The molecule has 0 spiro atoms. The Labute approximate surface area is 118 Å². The summed E-state index contributed by atoms with van der Waals surface area (Å²) in [6, 6.07) is 0. The summed E-state index contributed by atoms with van der Waals surface area (Å²) < 4.78 is 1.11. The smallest absolute Gasteiger partial charge is 0.0601 e. The van der Waals surface area contributed by atoms with Crippen LogP contribution in [0.2, 0.25) is 0 Å². The minimum atomic E-state index is 0.462. The number of unbranched alkanes of at least 4 members (excludes halogenated alkanes) is 5. The molecule has 0 radical (unpaired) electrons. The second kappa shape index (κ2) is 10.6. The molecule has 0 rings (SSSR count). The standard InChI is InChI=1S/C14H24Br2/c1-4-6-7-8-9-10-11-13(14(15)16)12(3)5-2/h5,12H,2,4,6-11H2,1,3H3. The van der Waals surface area contributed by atoms with Crippen LogP contribution >= 0.6 is 31.9 Å². The Morgan fingerprint density at radius 2 is 1.69 bits per heavy atom. The topological polar surface area (TPSA) is 0 Å². The third-order valence-corrected chi connectivity index (χ3v) is 3.96. The Hall–Kier alpha value is 0.440. The molecule has 0 N–H and O–H groups in total. The Morgan fingerprint density at radius 1 is 1.12 bits per heavy atom. The second-order valence-corrected chi connectivity index (χ2v) is 6.98. The zero-order valence-corrected chi connectivity index (χ0v) is 13.7. The molecule has 0 heterocycles. The molecule has 0 aliphatic heterocycles. The molecule has 1 unspecified atom stereocenters. The summed E-state index contributed by atoms with van der Waals surface area (Å²) in [6.45, 7) is 8.31. The highest BCUT2D eigenvalue weighted by Crippen LogP contribution is 2.29. The minimum Gasteiger partial charge on any atom is -0.102 e. The van der Waals surface area contributed by atoms with E-state index < -0.39 is 0 Å². The molecule has 0 saturated carbocycles. The van der Waals surface area contributed by atoms with Gasteiger partial charge in [-0.15, -0.1) is 6.58 Å². The summed E-state index contributed by atoms with van der Waals surface area (Å²) in [5.74, 6) is 0.462. The molecule has 0 amide bonds. The minimum absolute atomic E-state index is 0.462. The number of allylic oxidation sites excluding steroid dienone is 2. The van der Waals surface area contributed by atoms with Crippen molar-refractivity contribution in [3.63, 3.8) is 0 Å². The van der Waals surface area contributed by atoms with E-state index in [4.69, 9.17) is 0 Å². The van der Waals surface area contributed by atoms with Gasteiger partial charge in [0.1, 0.15) is 0 Å². The quantitative estimate of drug-likeness (QED) is 0.326. The summed E-state index contributed by atoms with van der Waals surface area (Å²) >= 11 is 7.05. The molecule has 0 aromatic heterocycles. The van der Waals surface area contributed by atoms with Crippen molar-refractivity contribution in [2.45, 2.75) is 58.8 Å². The van der Waals surface area contributed by atoms with E-state index >= 15 is 0 Å². The lowest BCUT2D eigenvalue weighted by Crippen LogP contribution is -1.96. The highest BCUT2D eigenvalue weighted by Gasteiger charge is 2.08. The van der Waals surface area contributed by atoms with E-state index in [0.717, 1.165) is 3.39 Å². The highest BCUT2D eigenvalue weighted by molar-refractivity contribution is 9.28. The summed E-state index contributed by atoms with van der Waals surface area (Å²) in [5, 5.41) is 0. The van der Waals surface area contributed by atoms with Crippen molar-refractivity contribution < 1.29 is 0 Å². The van der Waals surface area contributed by atoms with Crippen molar-refractivity contribution in [1.82, 2.24) is 0 Å². The van der Waals surface area contributed by atoms with Crippen LogP contribution in [0.3, 0.4) is 0 Å². The second-order valence-electron chi connectivity index (χ2n) is 4.33. The van der Waals surface area contributed by atoms with Crippen LogP contribution in [-0.4, -0.2) is 0 Å². The van der Waals surface area contributed by atoms with Crippen molar-refractivity contribution in [1.29, 1.82) is 0 Å². The fraction of sp³-hybridized carbons (Fsp3) is 0.714. The lowest BCUT2D eigenvalue weighted by atomic mass is 9.97. The molecule has 1 atom stereocenters. The zero-order valence-electron chi connectivity index (χ0n) is 10.6. The van der Waals surface area contributed by atoms with Crippen LogP contribution in [0, 0.1) is 5.92 Å². The Kier molecular flexibility index (Phi) is 10.9. The van der Waals surface area contributed by atoms with Crippen molar-refractivity contribution in [3.8, 4) is 0 Å². The molecular formula is C14H24Br2. The third kappa shape index (κ3) is 7.67. The lowest BCUT2D eigenvalue weighted by Gasteiger charge is -2.12. The first-order valence-corrected chi connectivity index (χ1v) is 7.88. The van der Waals surface area contributed by atoms with Gasteiger partial charge in [0.2, 0.25) is 0 Å². The van der Waals surface area contributed by atoms with Gasteiger partial charge in [0.15, 0.2) is 0 Å². The number of hydrogen-bond acceptors (Lipinski definition) is 0. The van der Waals surface area contributed by atoms with E-state index in [-0.39, 0.29) is 0 Å². The maximum absolute atomic E-state index is 3.86. The fourth-order valence-electron chi connectivity index (χ4n) is 1.73. The Morgan fingerprint density at radius 3 is 2.19 bits per heavy atom. The lowest BCUT2D eigenvalue weighted by molar-refractivity contribution is 0.596. The van der Waals surface area contributed by atoms with Gasteiger partial charge < -0.3 is 0 Å². The predicted octanol–water partition coefficient (Wildman–Crippen LogP) is 6.56. The number of hydrogen-bond donors (Lipinski definition) is 0. The molecule has 0 aliphatic rings. The van der Waals surface area contributed by atoms with Gasteiger partial charge in [-0.2, -0.15) is 0 Å². The summed E-state index contributed by atoms with van der Waals surface area (Å²) in [7, 11) is 0. The summed E-state index contributed by atoms with van der Waals surface area (Å²) in [5.41, 5.74) is 1.44. The van der Waals surface area contributed by atoms with Gasteiger partial charge in [-0.25, -0.2) is 0 Å². The summed E-state index contributed by atoms with van der Waals surface area (Å²) in [4.78, 5) is 0. The summed E-state index contributed by atoms with van der Waals surface area (Å²) in [6.07, 6.45) is 11.3. The maximum atomic E-state index is 3.86. The Bertz CT molecular complexity index is 215. The molecule has 0 aliphatic carbocycles. The van der Waals surface area contributed by atoms with Gasteiger partial charge in [-0.05, 0) is 56.2 Å². The maximum Gasteiger partial charge on any atom is 0.0601 e. The molecule has 0 saturated heterocycles. The fourth-order valence-corrected chi connectivity index (χ4v) is 2.85. The van der Waals surface area contributed by atoms with Crippen LogP contribution in [0.1, 0.15) is 58.8 Å². The molecule has 0 bridgehead atoms. The van der Waals surface area contributed by atoms with Crippen LogP contribution in [0.15, 0.2) is 21.6 Å². The van der Waals surface area contributed by atoms with Crippen LogP contribution < -0.4 is 0 Å². The van der Waals surface area contributed by atoms with E-state index in [0.29, 0.717) is 5.92 Å². The third-order valence-electron chi connectivity index (χ3n) is 2.95. The van der Waals surface area contributed by atoms with Crippen molar-refractivity contribution in [2.75, 3.05) is 0 Å². The average molecular weight is 352 g/mol. The van der Waals surface area contributed by atoms with E-state index in [9.17, 15) is 0 Å². The predicted molar refractivity (Wildman–Crippen MR) is 82.2 cm³/mol. The van der Waals surface area contributed by atoms with Crippen LogP contribution in [-0.2, 0) is 0 Å². The molecule has 0 nitrogen and oxygen atoms in total. The van der Waals surface area contributed by atoms with Crippen molar-refractivity contribution in [2.24, 2.45) is 5.92 Å². The Balaban J connectivity index is 3.79. The van der Waals surface area contributed by atoms with Crippen LogP contribution in [0.5, 0.6) is 0 Å². The molecule has 2 heteroatoms.